The van der Waals surface area contributed by atoms with Crippen molar-refractivity contribution in [2.45, 2.75) is 37.3 Å². The normalized spacial score (nSPS) is 17.7. The number of hydrogen-bond donors (Lipinski definition) is 3. The van der Waals surface area contributed by atoms with Gasteiger partial charge in [-0.05, 0) is 37.1 Å². The molecular formula is C24H19F5N6O2. The SMILES string of the molecule is CC1(c2ccc(O)cc2)C(=O)Nc2nc(-n3nc(CCC(F)(F)C(F)(F)F)c4ccccc43)nc(N)c21. The lowest BCUT2D eigenvalue weighted by atomic mass is 9.78. The Morgan fingerprint density at radius 2 is 1.73 bits per heavy atom. The van der Waals surface area contributed by atoms with Gasteiger partial charge in [-0.2, -0.15) is 41.7 Å². The highest BCUT2D eigenvalue weighted by Crippen LogP contribution is 2.45. The zero-order chi connectivity index (χ0) is 26.8. The first-order valence-corrected chi connectivity index (χ1v) is 11.0. The smallest absolute Gasteiger partial charge is 0.453 e. The van der Waals surface area contributed by atoms with Crippen LogP contribution in [-0.4, -0.2) is 42.9 Å². The topological polar surface area (TPSA) is 119 Å². The molecule has 5 rings (SSSR count). The molecule has 0 saturated heterocycles. The van der Waals surface area contributed by atoms with Crippen LogP contribution in [0.3, 0.4) is 0 Å². The molecule has 2 aromatic heterocycles. The Morgan fingerprint density at radius 3 is 2.41 bits per heavy atom. The lowest BCUT2D eigenvalue weighted by Gasteiger charge is -2.23. The fourth-order valence-electron chi connectivity index (χ4n) is 4.45. The summed E-state index contributed by atoms with van der Waals surface area (Å²) in [6, 6.07) is 12.4. The van der Waals surface area contributed by atoms with Crippen molar-refractivity contribution < 1.29 is 31.9 Å². The van der Waals surface area contributed by atoms with Crippen LogP contribution in [0.25, 0.3) is 16.9 Å². The highest BCUT2D eigenvalue weighted by atomic mass is 19.4. The molecular weight excluding hydrogens is 499 g/mol. The van der Waals surface area contributed by atoms with Crippen molar-refractivity contribution in [3.8, 4) is 11.7 Å². The molecule has 1 atom stereocenters. The van der Waals surface area contributed by atoms with E-state index in [2.05, 4.69) is 20.4 Å². The quantitative estimate of drug-likeness (QED) is 0.335. The summed E-state index contributed by atoms with van der Waals surface area (Å²) in [5.74, 6) is -5.36. The lowest BCUT2D eigenvalue weighted by Crippen LogP contribution is -2.36. The van der Waals surface area contributed by atoms with Gasteiger partial charge in [0.15, 0.2) is 0 Å². The third-order valence-electron chi connectivity index (χ3n) is 6.50. The predicted octanol–water partition coefficient (Wildman–Crippen LogP) is 4.49. The number of carbonyl (C=O) groups excluding carboxylic acids is 1. The summed E-state index contributed by atoms with van der Waals surface area (Å²) in [5, 5.41) is 16.9. The molecule has 0 radical (unpaired) electrons. The molecule has 1 unspecified atom stereocenters. The maximum Gasteiger partial charge on any atom is 0.453 e. The maximum absolute atomic E-state index is 13.6. The molecule has 8 nitrogen and oxygen atoms in total. The third kappa shape index (κ3) is 3.81. The second kappa shape index (κ2) is 8.11. The van der Waals surface area contributed by atoms with Crippen LogP contribution in [0.4, 0.5) is 33.6 Å². The molecule has 0 saturated carbocycles. The van der Waals surface area contributed by atoms with Crippen LogP contribution in [0.1, 0.15) is 30.2 Å². The fraction of sp³-hybridized carbons (Fsp3) is 0.250. The fourth-order valence-corrected chi connectivity index (χ4v) is 4.45. The molecule has 192 valence electrons. The first-order valence-electron chi connectivity index (χ1n) is 11.0. The molecule has 0 spiro atoms. The minimum absolute atomic E-state index is 0.000150. The number of nitrogen functional groups attached to an aromatic ring is 1. The van der Waals surface area contributed by atoms with Gasteiger partial charge in [-0.3, -0.25) is 4.79 Å². The molecule has 1 aliphatic rings. The molecule has 1 amide bonds. The Balaban J connectivity index is 1.58. The van der Waals surface area contributed by atoms with Gasteiger partial charge in [-0.1, -0.05) is 30.3 Å². The summed E-state index contributed by atoms with van der Waals surface area (Å²) in [4.78, 5) is 21.7. The van der Waals surface area contributed by atoms with Gasteiger partial charge in [-0.25, -0.2) is 0 Å². The molecule has 3 heterocycles. The van der Waals surface area contributed by atoms with Crippen molar-refractivity contribution in [2.75, 3.05) is 11.1 Å². The second-order valence-corrected chi connectivity index (χ2v) is 8.84. The Morgan fingerprint density at radius 1 is 1.05 bits per heavy atom. The largest absolute Gasteiger partial charge is 0.508 e. The molecule has 0 aliphatic carbocycles. The van der Waals surface area contributed by atoms with Gasteiger partial charge in [0.2, 0.25) is 5.91 Å². The molecule has 0 bridgehead atoms. The predicted molar refractivity (Wildman–Crippen MR) is 124 cm³/mol. The Bertz CT molecular complexity index is 1530. The van der Waals surface area contributed by atoms with Gasteiger partial charge in [0, 0.05) is 11.8 Å². The van der Waals surface area contributed by atoms with E-state index in [9.17, 15) is 31.9 Å². The maximum atomic E-state index is 13.6. The number of halogens is 5. The number of carbonyl (C=O) groups is 1. The lowest BCUT2D eigenvalue weighted by molar-refractivity contribution is -0.284. The first-order chi connectivity index (χ1) is 17.3. The number of alkyl halides is 5. The minimum atomic E-state index is -5.68. The number of benzene rings is 2. The average Bonchev–Trinajstić information content (AvgIpc) is 3.33. The van der Waals surface area contributed by atoms with Crippen LogP contribution < -0.4 is 11.1 Å². The number of anilines is 2. The van der Waals surface area contributed by atoms with E-state index < -0.39 is 36.3 Å². The molecule has 13 heteroatoms. The summed E-state index contributed by atoms with van der Waals surface area (Å²) in [6.07, 6.45) is -7.81. The number of amides is 1. The van der Waals surface area contributed by atoms with E-state index in [-0.39, 0.29) is 29.0 Å². The monoisotopic (exact) mass is 518 g/mol. The van der Waals surface area contributed by atoms with Crippen molar-refractivity contribution in [3.05, 3.63) is 65.4 Å². The van der Waals surface area contributed by atoms with Crippen molar-refractivity contribution in [3.63, 3.8) is 0 Å². The van der Waals surface area contributed by atoms with Gasteiger partial charge in [-0.15, -0.1) is 0 Å². The number of nitrogens with one attached hydrogen (secondary N) is 1. The van der Waals surface area contributed by atoms with E-state index >= 15 is 0 Å². The summed E-state index contributed by atoms with van der Waals surface area (Å²) < 4.78 is 66.3. The summed E-state index contributed by atoms with van der Waals surface area (Å²) in [6.45, 7) is 1.63. The van der Waals surface area contributed by atoms with E-state index in [1.807, 2.05) is 0 Å². The van der Waals surface area contributed by atoms with E-state index in [1.54, 1.807) is 43.3 Å². The number of phenolic OH excluding ortho intramolecular Hbond substituents is 1. The van der Waals surface area contributed by atoms with Crippen LogP contribution in [0.5, 0.6) is 5.75 Å². The van der Waals surface area contributed by atoms with Crippen LogP contribution in [0, 0.1) is 0 Å². The molecule has 4 N–H and O–H groups in total. The number of phenols is 1. The Kier molecular flexibility index (Phi) is 5.35. The number of aryl methyl sites for hydroxylation is 1. The number of hydrogen-bond acceptors (Lipinski definition) is 6. The van der Waals surface area contributed by atoms with Crippen molar-refractivity contribution in [1.82, 2.24) is 19.7 Å². The standard InChI is InChI=1S/C24H19F5N6O2/c1-22(12-6-8-13(36)9-7-12)17-18(30)31-21(33-19(17)32-20(22)37)35-16-5-3-2-4-14(16)15(34-35)10-11-23(25,26)24(27,28)29/h2-9,36H,10-11H2,1H3,(H3,30,31,32,33,37). The number of aromatic hydroxyl groups is 1. The highest BCUT2D eigenvalue weighted by molar-refractivity contribution is 6.09. The number of para-hydroxylation sites is 1. The molecule has 2 aromatic carbocycles. The van der Waals surface area contributed by atoms with Crippen LogP contribution >= 0.6 is 0 Å². The van der Waals surface area contributed by atoms with Gasteiger partial charge in [0.25, 0.3) is 5.95 Å². The van der Waals surface area contributed by atoms with Gasteiger partial charge >= 0.3 is 12.1 Å². The number of aromatic nitrogens is 4. The van der Waals surface area contributed by atoms with Gasteiger partial charge in [0.1, 0.15) is 22.8 Å². The van der Waals surface area contributed by atoms with Crippen LogP contribution in [0.15, 0.2) is 48.5 Å². The third-order valence-corrected chi connectivity index (χ3v) is 6.50. The first kappa shape index (κ1) is 24.4. The van der Waals surface area contributed by atoms with Gasteiger partial charge in [0.05, 0.1) is 16.8 Å². The Hall–Kier alpha value is -4.29. The zero-order valence-corrected chi connectivity index (χ0v) is 19.1. The molecule has 4 aromatic rings. The number of rotatable bonds is 5. The number of fused-ring (bicyclic) bond motifs is 2. The number of nitrogens with two attached hydrogens (primary N) is 1. The Labute approximate surface area is 205 Å². The van der Waals surface area contributed by atoms with Crippen LogP contribution in [-0.2, 0) is 16.6 Å². The summed E-state index contributed by atoms with van der Waals surface area (Å²) in [5.41, 5.74) is 6.19. The molecule has 1 aliphatic heterocycles. The summed E-state index contributed by atoms with van der Waals surface area (Å²) >= 11 is 0. The summed E-state index contributed by atoms with van der Waals surface area (Å²) in [7, 11) is 0. The van der Waals surface area contributed by atoms with Gasteiger partial charge < -0.3 is 16.2 Å². The van der Waals surface area contributed by atoms with Crippen molar-refractivity contribution >= 4 is 28.4 Å². The van der Waals surface area contributed by atoms with E-state index in [0.29, 0.717) is 22.0 Å². The van der Waals surface area contributed by atoms with E-state index in [4.69, 9.17) is 5.73 Å². The average molecular weight is 518 g/mol. The van der Waals surface area contributed by atoms with Crippen molar-refractivity contribution in [2.24, 2.45) is 0 Å². The molecule has 0 fully saturated rings. The van der Waals surface area contributed by atoms with Crippen LogP contribution in [0.2, 0.25) is 0 Å². The number of nitrogens with zero attached hydrogens (tertiary/aromatic N) is 4. The molecule has 37 heavy (non-hydrogen) atoms. The second-order valence-electron chi connectivity index (χ2n) is 8.84. The van der Waals surface area contributed by atoms with Crippen molar-refractivity contribution in [1.29, 1.82) is 0 Å². The zero-order valence-electron chi connectivity index (χ0n) is 19.1. The van der Waals surface area contributed by atoms with E-state index in [0.717, 1.165) is 0 Å². The van der Waals surface area contributed by atoms with E-state index in [1.165, 1.54) is 16.8 Å². The highest BCUT2D eigenvalue weighted by Gasteiger charge is 2.56. The minimum Gasteiger partial charge on any atom is -0.508 e.